The molecule has 0 saturated carbocycles. The first-order valence-corrected chi connectivity index (χ1v) is 5.20. The van der Waals surface area contributed by atoms with Gasteiger partial charge in [0.15, 0.2) is 0 Å². The van der Waals surface area contributed by atoms with Gasteiger partial charge < -0.3 is 9.47 Å². The number of ether oxygens (including phenoxy) is 2. The van der Waals surface area contributed by atoms with Crippen molar-refractivity contribution >= 4 is 0 Å². The summed E-state index contributed by atoms with van der Waals surface area (Å²) in [5.41, 5.74) is 0.324. The van der Waals surface area contributed by atoms with Crippen molar-refractivity contribution < 1.29 is 9.47 Å². The summed E-state index contributed by atoms with van der Waals surface area (Å²) in [5.74, 6) is 0. The molecule has 1 heterocycles. The molecule has 0 aromatic carbocycles. The van der Waals surface area contributed by atoms with Crippen LogP contribution >= 0.6 is 0 Å². The first kappa shape index (κ1) is 11.0. The predicted molar refractivity (Wildman–Crippen MR) is 53.8 cm³/mol. The van der Waals surface area contributed by atoms with Crippen molar-refractivity contribution in [2.45, 2.75) is 52.2 Å². The maximum Gasteiger partial charge on any atom is 0.0650 e. The first-order chi connectivity index (χ1) is 6.06. The SMILES string of the molecule is CO[C@@H](C)C[C@@H]1OCCCC1(C)C. The van der Waals surface area contributed by atoms with Gasteiger partial charge >= 0.3 is 0 Å². The molecule has 0 unspecified atom stereocenters. The number of rotatable bonds is 3. The van der Waals surface area contributed by atoms with Crippen LogP contribution in [-0.2, 0) is 9.47 Å². The van der Waals surface area contributed by atoms with Crippen molar-refractivity contribution in [2.24, 2.45) is 5.41 Å². The van der Waals surface area contributed by atoms with E-state index in [1.54, 1.807) is 7.11 Å². The van der Waals surface area contributed by atoms with Gasteiger partial charge in [0.05, 0.1) is 12.2 Å². The van der Waals surface area contributed by atoms with E-state index in [2.05, 4.69) is 20.8 Å². The zero-order valence-electron chi connectivity index (χ0n) is 9.30. The van der Waals surface area contributed by atoms with Crippen LogP contribution < -0.4 is 0 Å². The zero-order chi connectivity index (χ0) is 9.90. The molecule has 0 amide bonds. The van der Waals surface area contributed by atoms with Gasteiger partial charge in [-0.15, -0.1) is 0 Å². The molecule has 78 valence electrons. The maximum absolute atomic E-state index is 5.79. The van der Waals surface area contributed by atoms with E-state index in [9.17, 15) is 0 Å². The monoisotopic (exact) mass is 186 g/mol. The van der Waals surface area contributed by atoms with E-state index in [1.807, 2.05) is 0 Å². The van der Waals surface area contributed by atoms with Crippen molar-refractivity contribution in [1.82, 2.24) is 0 Å². The highest BCUT2D eigenvalue weighted by molar-refractivity contribution is 4.83. The van der Waals surface area contributed by atoms with Crippen LogP contribution in [0.4, 0.5) is 0 Å². The van der Waals surface area contributed by atoms with Crippen LogP contribution in [0.15, 0.2) is 0 Å². The van der Waals surface area contributed by atoms with Crippen molar-refractivity contribution in [2.75, 3.05) is 13.7 Å². The van der Waals surface area contributed by atoms with Crippen LogP contribution in [0, 0.1) is 5.41 Å². The average molecular weight is 186 g/mol. The minimum Gasteiger partial charge on any atom is -0.382 e. The summed E-state index contributed by atoms with van der Waals surface area (Å²) in [7, 11) is 1.76. The fraction of sp³-hybridized carbons (Fsp3) is 1.00. The lowest BCUT2D eigenvalue weighted by Gasteiger charge is -2.39. The molecule has 1 rings (SSSR count). The number of methoxy groups -OCH3 is 1. The molecule has 1 aliphatic rings. The molecule has 0 aliphatic carbocycles. The Hall–Kier alpha value is -0.0800. The molecule has 2 nitrogen and oxygen atoms in total. The molecule has 0 radical (unpaired) electrons. The Morgan fingerprint density at radius 3 is 2.77 bits per heavy atom. The van der Waals surface area contributed by atoms with Gasteiger partial charge in [0.25, 0.3) is 0 Å². The van der Waals surface area contributed by atoms with Crippen LogP contribution in [-0.4, -0.2) is 25.9 Å². The third-order valence-corrected chi connectivity index (χ3v) is 3.10. The molecule has 0 spiro atoms. The molecular formula is C11H22O2. The van der Waals surface area contributed by atoms with Crippen LogP contribution in [0.1, 0.15) is 40.0 Å². The number of hydrogen-bond acceptors (Lipinski definition) is 2. The number of hydrogen-bond donors (Lipinski definition) is 0. The van der Waals surface area contributed by atoms with Gasteiger partial charge in [-0.3, -0.25) is 0 Å². The highest BCUT2D eigenvalue weighted by atomic mass is 16.5. The second-order valence-corrected chi connectivity index (χ2v) is 4.73. The van der Waals surface area contributed by atoms with Gasteiger partial charge in [-0.2, -0.15) is 0 Å². The summed E-state index contributed by atoms with van der Waals surface area (Å²) in [6.45, 7) is 7.61. The van der Waals surface area contributed by atoms with Crippen LogP contribution in [0.25, 0.3) is 0 Å². The van der Waals surface area contributed by atoms with Gasteiger partial charge in [0.2, 0.25) is 0 Å². The minimum atomic E-state index is 0.308. The van der Waals surface area contributed by atoms with Crippen LogP contribution in [0.3, 0.4) is 0 Å². The van der Waals surface area contributed by atoms with Gasteiger partial charge in [-0.05, 0) is 31.6 Å². The normalized spacial score (nSPS) is 30.0. The molecule has 0 aromatic rings. The van der Waals surface area contributed by atoms with Crippen molar-refractivity contribution in [3.05, 3.63) is 0 Å². The van der Waals surface area contributed by atoms with Crippen molar-refractivity contribution in [1.29, 1.82) is 0 Å². The molecule has 1 saturated heterocycles. The molecule has 2 heteroatoms. The summed E-state index contributed by atoms with van der Waals surface area (Å²) in [6.07, 6.45) is 4.17. The third kappa shape index (κ3) is 2.96. The Balaban J connectivity index is 2.46. The lowest BCUT2D eigenvalue weighted by Crippen LogP contribution is -2.38. The standard InChI is InChI=1S/C11H22O2/c1-9(12-4)8-10-11(2,3)6-5-7-13-10/h9-10H,5-8H2,1-4H3/t9-,10-/m0/s1. The molecule has 1 fully saturated rings. The first-order valence-electron chi connectivity index (χ1n) is 5.20. The quantitative estimate of drug-likeness (QED) is 0.674. The fourth-order valence-electron chi connectivity index (χ4n) is 1.92. The lowest BCUT2D eigenvalue weighted by molar-refractivity contribution is -0.0897. The second kappa shape index (κ2) is 4.43. The molecule has 0 bridgehead atoms. The van der Waals surface area contributed by atoms with Crippen LogP contribution in [0.5, 0.6) is 0 Å². The Labute approximate surface area is 81.6 Å². The fourth-order valence-corrected chi connectivity index (χ4v) is 1.92. The Morgan fingerprint density at radius 2 is 2.23 bits per heavy atom. The smallest absolute Gasteiger partial charge is 0.0650 e. The highest BCUT2D eigenvalue weighted by Crippen LogP contribution is 2.35. The van der Waals surface area contributed by atoms with Crippen molar-refractivity contribution in [3.8, 4) is 0 Å². The van der Waals surface area contributed by atoms with E-state index in [4.69, 9.17) is 9.47 Å². The van der Waals surface area contributed by atoms with Gasteiger partial charge in [-0.1, -0.05) is 13.8 Å². The minimum absolute atomic E-state index is 0.308. The highest BCUT2D eigenvalue weighted by Gasteiger charge is 2.33. The Kier molecular flexibility index (Phi) is 3.74. The van der Waals surface area contributed by atoms with E-state index in [1.165, 1.54) is 12.8 Å². The third-order valence-electron chi connectivity index (χ3n) is 3.10. The molecule has 0 N–H and O–H groups in total. The van der Waals surface area contributed by atoms with Gasteiger partial charge in [0, 0.05) is 13.7 Å². The van der Waals surface area contributed by atoms with E-state index in [0.717, 1.165) is 13.0 Å². The summed E-state index contributed by atoms with van der Waals surface area (Å²) in [6, 6.07) is 0. The zero-order valence-corrected chi connectivity index (χ0v) is 9.30. The van der Waals surface area contributed by atoms with Gasteiger partial charge in [0.1, 0.15) is 0 Å². The average Bonchev–Trinajstić information content (AvgIpc) is 2.08. The Morgan fingerprint density at radius 1 is 1.54 bits per heavy atom. The summed E-state index contributed by atoms with van der Waals surface area (Å²) in [4.78, 5) is 0. The molecule has 0 aromatic heterocycles. The van der Waals surface area contributed by atoms with E-state index in [-0.39, 0.29) is 0 Å². The molecular weight excluding hydrogens is 164 g/mol. The summed E-state index contributed by atoms with van der Waals surface area (Å²) >= 11 is 0. The summed E-state index contributed by atoms with van der Waals surface area (Å²) in [5, 5.41) is 0. The van der Waals surface area contributed by atoms with E-state index < -0.39 is 0 Å². The van der Waals surface area contributed by atoms with Gasteiger partial charge in [-0.25, -0.2) is 0 Å². The van der Waals surface area contributed by atoms with Crippen LogP contribution in [0.2, 0.25) is 0 Å². The van der Waals surface area contributed by atoms with E-state index >= 15 is 0 Å². The molecule has 1 aliphatic heterocycles. The topological polar surface area (TPSA) is 18.5 Å². The second-order valence-electron chi connectivity index (χ2n) is 4.73. The maximum atomic E-state index is 5.79. The molecule has 13 heavy (non-hydrogen) atoms. The largest absolute Gasteiger partial charge is 0.382 e. The lowest BCUT2D eigenvalue weighted by atomic mass is 9.78. The predicted octanol–water partition coefficient (Wildman–Crippen LogP) is 2.62. The Bertz CT molecular complexity index is 154. The van der Waals surface area contributed by atoms with E-state index in [0.29, 0.717) is 17.6 Å². The summed E-state index contributed by atoms with van der Waals surface area (Å²) < 4.78 is 11.1. The van der Waals surface area contributed by atoms with Crippen molar-refractivity contribution in [3.63, 3.8) is 0 Å². The molecule has 2 atom stereocenters.